The van der Waals surface area contributed by atoms with Gasteiger partial charge in [-0.2, -0.15) is 0 Å². The molecule has 2 heteroatoms. The molecule has 84 valence electrons. The molecule has 15 heavy (non-hydrogen) atoms. The molecule has 0 spiro atoms. The second kappa shape index (κ2) is 8.04. The number of esters is 1. The molecule has 0 rings (SSSR count). The van der Waals surface area contributed by atoms with Crippen LogP contribution in [0, 0.1) is 5.92 Å². The van der Waals surface area contributed by atoms with Crippen LogP contribution in [0.15, 0.2) is 36.5 Å². The number of allylic oxidation sites excluding steroid dienone is 3. The molecule has 0 saturated heterocycles. The van der Waals surface area contributed by atoms with Crippen molar-refractivity contribution in [2.45, 2.75) is 27.2 Å². The lowest BCUT2D eigenvalue weighted by Crippen LogP contribution is -2.07. The lowest BCUT2D eigenvalue weighted by Gasteiger charge is -2.03. The summed E-state index contributed by atoms with van der Waals surface area (Å²) in [5, 5.41) is 0. The van der Waals surface area contributed by atoms with Gasteiger partial charge in [0.05, 0.1) is 0 Å². The van der Waals surface area contributed by atoms with E-state index in [1.807, 2.05) is 25.2 Å². The van der Waals surface area contributed by atoms with Crippen molar-refractivity contribution in [3.63, 3.8) is 0 Å². The van der Waals surface area contributed by atoms with Crippen molar-refractivity contribution in [2.24, 2.45) is 5.92 Å². The summed E-state index contributed by atoms with van der Waals surface area (Å²) in [5.41, 5.74) is 0.689. The van der Waals surface area contributed by atoms with Gasteiger partial charge in [0, 0.05) is 5.57 Å². The van der Waals surface area contributed by atoms with Crippen LogP contribution in [0.3, 0.4) is 0 Å². The van der Waals surface area contributed by atoms with E-state index < -0.39 is 0 Å². The summed E-state index contributed by atoms with van der Waals surface area (Å²) in [7, 11) is 0. The first kappa shape index (κ1) is 13.7. The number of carbonyl (C=O) groups is 1. The highest BCUT2D eigenvalue weighted by molar-refractivity contribution is 5.88. The Bertz CT molecular complexity index is 260. The highest BCUT2D eigenvalue weighted by Crippen LogP contribution is 2.05. The Morgan fingerprint density at radius 3 is 2.60 bits per heavy atom. The van der Waals surface area contributed by atoms with Gasteiger partial charge in [-0.3, -0.25) is 0 Å². The fourth-order valence-electron chi connectivity index (χ4n) is 0.951. The van der Waals surface area contributed by atoms with E-state index in [2.05, 4.69) is 20.4 Å². The topological polar surface area (TPSA) is 26.3 Å². The Balaban J connectivity index is 4.33. The van der Waals surface area contributed by atoms with E-state index in [-0.39, 0.29) is 12.6 Å². The Morgan fingerprint density at radius 2 is 2.13 bits per heavy atom. The second-order valence-corrected chi connectivity index (χ2v) is 3.56. The van der Waals surface area contributed by atoms with Crippen LogP contribution in [0.2, 0.25) is 0 Å². The predicted molar refractivity (Wildman–Crippen MR) is 63.5 cm³/mol. The van der Waals surface area contributed by atoms with Gasteiger partial charge >= 0.3 is 5.97 Å². The average Bonchev–Trinajstić information content (AvgIpc) is 2.20. The first-order chi connectivity index (χ1) is 7.11. The minimum atomic E-state index is -0.259. The third-order valence-electron chi connectivity index (χ3n) is 1.77. The fourth-order valence-corrected chi connectivity index (χ4v) is 0.951. The quantitative estimate of drug-likeness (QED) is 0.290. The van der Waals surface area contributed by atoms with Crippen LogP contribution in [-0.4, -0.2) is 12.6 Å². The van der Waals surface area contributed by atoms with Crippen molar-refractivity contribution >= 4 is 5.97 Å². The zero-order valence-corrected chi connectivity index (χ0v) is 9.82. The molecular weight excluding hydrogens is 188 g/mol. The van der Waals surface area contributed by atoms with E-state index in [0.29, 0.717) is 17.9 Å². The first-order valence-corrected chi connectivity index (χ1v) is 5.27. The van der Waals surface area contributed by atoms with Gasteiger partial charge < -0.3 is 4.74 Å². The summed E-state index contributed by atoms with van der Waals surface area (Å²) in [4.78, 5) is 11.4. The molecule has 0 aromatic rings. The summed E-state index contributed by atoms with van der Waals surface area (Å²) < 4.78 is 4.94. The molecule has 0 amide bonds. The van der Waals surface area contributed by atoms with Gasteiger partial charge in [-0.05, 0) is 12.3 Å². The van der Waals surface area contributed by atoms with Gasteiger partial charge in [-0.1, -0.05) is 51.7 Å². The summed E-state index contributed by atoms with van der Waals surface area (Å²) in [5.74, 6) is 0.231. The molecule has 0 bridgehead atoms. The summed E-state index contributed by atoms with van der Waals surface area (Å²) >= 11 is 0. The van der Waals surface area contributed by atoms with E-state index in [1.54, 1.807) is 6.08 Å². The molecule has 0 aromatic heterocycles. The zero-order chi connectivity index (χ0) is 11.7. The number of ether oxygens (including phenoxy) is 1. The fraction of sp³-hybridized carbons (Fsp3) is 0.462. The van der Waals surface area contributed by atoms with Gasteiger partial charge in [0.15, 0.2) is 0 Å². The van der Waals surface area contributed by atoms with Gasteiger partial charge in [0.1, 0.15) is 6.61 Å². The molecule has 0 atom stereocenters. The van der Waals surface area contributed by atoms with Crippen molar-refractivity contribution < 1.29 is 9.53 Å². The van der Waals surface area contributed by atoms with Crippen LogP contribution >= 0.6 is 0 Å². The van der Waals surface area contributed by atoms with E-state index in [9.17, 15) is 4.79 Å². The molecule has 0 N–H and O–H groups in total. The number of rotatable bonds is 6. The maximum absolute atomic E-state index is 11.4. The molecule has 0 unspecified atom stereocenters. The van der Waals surface area contributed by atoms with Gasteiger partial charge in [-0.15, -0.1) is 0 Å². The smallest absolute Gasteiger partial charge is 0.334 e. The minimum Gasteiger partial charge on any atom is -0.458 e. The third kappa shape index (κ3) is 6.72. The van der Waals surface area contributed by atoms with Crippen LogP contribution in [0.5, 0.6) is 0 Å². The average molecular weight is 208 g/mol. The Morgan fingerprint density at radius 1 is 1.47 bits per heavy atom. The van der Waals surface area contributed by atoms with E-state index in [4.69, 9.17) is 4.74 Å². The lowest BCUT2D eigenvalue weighted by atomic mass is 10.1. The van der Waals surface area contributed by atoms with Crippen LogP contribution in [0.4, 0.5) is 0 Å². The Labute approximate surface area is 92.3 Å². The molecule has 0 heterocycles. The van der Waals surface area contributed by atoms with Gasteiger partial charge in [0.2, 0.25) is 0 Å². The Kier molecular flexibility index (Phi) is 7.33. The molecule has 0 fully saturated rings. The lowest BCUT2D eigenvalue weighted by molar-refractivity contribution is -0.137. The van der Waals surface area contributed by atoms with Crippen molar-refractivity contribution in [1.29, 1.82) is 0 Å². The minimum absolute atomic E-state index is 0.259. The van der Waals surface area contributed by atoms with Gasteiger partial charge in [-0.25, -0.2) is 4.79 Å². The highest BCUT2D eigenvalue weighted by atomic mass is 16.5. The maximum Gasteiger partial charge on any atom is 0.334 e. The molecular formula is C13H20O2. The van der Waals surface area contributed by atoms with Crippen molar-refractivity contribution in [2.75, 3.05) is 6.61 Å². The number of hydrogen-bond donors (Lipinski definition) is 0. The number of hydrogen-bond acceptors (Lipinski definition) is 2. The van der Waals surface area contributed by atoms with Crippen molar-refractivity contribution in [3.05, 3.63) is 36.5 Å². The summed E-state index contributed by atoms with van der Waals surface area (Å²) in [6.07, 6.45) is 7.99. The largest absolute Gasteiger partial charge is 0.458 e. The van der Waals surface area contributed by atoms with Crippen molar-refractivity contribution in [3.8, 4) is 0 Å². The normalized spacial score (nSPS) is 12.1. The third-order valence-corrected chi connectivity index (χ3v) is 1.77. The molecule has 0 radical (unpaired) electrons. The van der Waals surface area contributed by atoms with Crippen LogP contribution in [0.25, 0.3) is 0 Å². The van der Waals surface area contributed by atoms with E-state index >= 15 is 0 Å². The molecule has 0 saturated carbocycles. The van der Waals surface area contributed by atoms with Gasteiger partial charge in [0.25, 0.3) is 0 Å². The molecule has 0 aliphatic carbocycles. The number of carbonyl (C=O) groups excluding carboxylic acids is 1. The second-order valence-electron chi connectivity index (χ2n) is 3.56. The predicted octanol–water partition coefficient (Wildman–Crippen LogP) is 3.26. The summed E-state index contributed by atoms with van der Waals surface area (Å²) in [6, 6.07) is 0. The van der Waals surface area contributed by atoms with Crippen LogP contribution in [0.1, 0.15) is 27.2 Å². The zero-order valence-electron chi connectivity index (χ0n) is 9.82. The van der Waals surface area contributed by atoms with E-state index in [1.165, 1.54) is 0 Å². The molecule has 0 aliphatic heterocycles. The maximum atomic E-state index is 11.4. The Hall–Kier alpha value is -1.31. The standard InChI is InChI=1S/C13H20O2/c1-5-10-15-13(14)12(6-2)9-7-8-11(3)4/h5,7-9,11H,1,6,10H2,2-4H3/b8-7+,12-9+. The molecule has 0 aromatic carbocycles. The highest BCUT2D eigenvalue weighted by Gasteiger charge is 2.06. The first-order valence-electron chi connectivity index (χ1n) is 5.27. The monoisotopic (exact) mass is 208 g/mol. The van der Waals surface area contributed by atoms with Crippen LogP contribution < -0.4 is 0 Å². The van der Waals surface area contributed by atoms with Crippen molar-refractivity contribution in [1.82, 2.24) is 0 Å². The van der Waals surface area contributed by atoms with Crippen LogP contribution in [-0.2, 0) is 9.53 Å². The molecule has 2 nitrogen and oxygen atoms in total. The van der Waals surface area contributed by atoms with E-state index in [0.717, 1.165) is 0 Å². The summed E-state index contributed by atoms with van der Waals surface area (Å²) in [6.45, 7) is 9.87. The SMILES string of the molecule is C=CCOC(=O)/C(=C/C=C/C(C)C)CC. The molecule has 0 aliphatic rings.